The van der Waals surface area contributed by atoms with E-state index in [1.807, 2.05) is 32.9 Å². The number of methoxy groups -OCH3 is 1. The highest BCUT2D eigenvalue weighted by molar-refractivity contribution is 9.10. The zero-order valence-corrected chi connectivity index (χ0v) is 13.2. The zero-order chi connectivity index (χ0) is 14.5. The molecule has 1 aromatic rings. The molecule has 0 aliphatic carbocycles. The van der Waals surface area contributed by atoms with E-state index < -0.39 is 11.7 Å². The van der Waals surface area contributed by atoms with Gasteiger partial charge >= 0.3 is 6.09 Å². The van der Waals surface area contributed by atoms with E-state index in [1.54, 1.807) is 13.3 Å². The van der Waals surface area contributed by atoms with Crippen LogP contribution >= 0.6 is 15.9 Å². The van der Waals surface area contributed by atoms with Gasteiger partial charge in [-0.15, -0.1) is 0 Å². The first-order chi connectivity index (χ1) is 8.81. The Morgan fingerprint density at radius 2 is 2.21 bits per heavy atom. The predicted octanol–water partition coefficient (Wildman–Crippen LogP) is 3.06. The number of pyridine rings is 1. The van der Waals surface area contributed by atoms with Crippen LogP contribution in [0, 0.1) is 0 Å². The lowest BCUT2D eigenvalue weighted by Gasteiger charge is -2.21. The van der Waals surface area contributed by atoms with Crippen LogP contribution in [-0.2, 0) is 9.47 Å². The van der Waals surface area contributed by atoms with Gasteiger partial charge < -0.3 is 14.8 Å². The van der Waals surface area contributed by atoms with Crippen molar-refractivity contribution in [2.24, 2.45) is 0 Å². The lowest BCUT2D eigenvalue weighted by Crippen LogP contribution is -2.35. The van der Waals surface area contributed by atoms with E-state index in [0.717, 1.165) is 10.2 Å². The molecule has 19 heavy (non-hydrogen) atoms. The summed E-state index contributed by atoms with van der Waals surface area (Å²) in [4.78, 5) is 15.6. The van der Waals surface area contributed by atoms with Crippen molar-refractivity contribution in [2.45, 2.75) is 32.5 Å². The summed E-state index contributed by atoms with van der Waals surface area (Å²) >= 11 is 3.30. The fourth-order valence-corrected chi connectivity index (χ4v) is 1.83. The van der Waals surface area contributed by atoms with Crippen molar-refractivity contribution < 1.29 is 14.3 Å². The van der Waals surface area contributed by atoms with Crippen LogP contribution in [-0.4, -0.2) is 30.3 Å². The van der Waals surface area contributed by atoms with Gasteiger partial charge in [0, 0.05) is 13.3 Å². The first kappa shape index (κ1) is 15.9. The molecule has 1 N–H and O–H groups in total. The maximum absolute atomic E-state index is 11.6. The predicted molar refractivity (Wildman–Crippen MR) is 75.9 cm³/mol. The van der Waals surface area contributed by atoms with Crippen LogP contribution in [0.1, 0.15) is 32.4 Å². The van der Waals surface area contributed by atoms with E-state index in [1.165, 1.54) is 0 Å². The van der Waals surface area contributed by atoms with Crippen molar-refractivity contribution in [2.75, 3.05) is 13.7 Å². The van der Waals surface area contributed by atoms with E-state index in [0.29, 0.717) is 6.54 Å². The maximum atomic E-state index is 11.6. The summed E-state index contributed by atoms with van der Waals surface area (Å²) in [6.45, 7) is 5.79. The lowest BCUT2D eigenvalue weighted by molar-refractivity contribution is 0.0456. The Bertz CT molecular complexity index is 432. The molecule has 1 atom stereocenters. The number of aromatic nitrogens is 1. The van der Waals surface area contributed by atoms with Crippen molar-refractivity contribution in [3.63, 3.8) is 0 Å². The van der Waals surface area contributed by atoms with Crippen LogP contribution in [0.5, 0.6) is 0 Å². The number of halogens is 1. The lowest BCUT2D eigenvalue weighted by atomic mass is 10.1. The molecule has 0 saturated heterocycles. The van der Waals surface area contributed by atoms with E-state index in [4.69, 9.17) is 9.47 Å². The first-order valence-electron chi connectivity index (χ1n) is 5.93. The average molecular weight is 331 g/mol. The summed E-state index contributed by atoms with van der Waals surface area (Å²) < 4.78 is 11.2. The summed E-state index contributed by atoms with van der Waals surface area (Å²) in [6.07, 6.45) is 0.980. The summed E-state index contributed by atoms with van der Waals surface area (Å²) in [5, 5.41) is 2.69. The topological polar surface area (TPSA) is 60.5 Å². The minimum atomic E-state index is -0.508. The molecule has 0 saturated carbocycles. The average Bonchev–Trinajstić information content (AvgIpc) is 2.27. The molecule has 0 aliphatic rings. The van der Waals surface area contributed by atoms with E-state index >= 15 is 0 Å². The highest BCUT2D eigenvalue weighted by atomic mass is 79.9. The second kappa shape index (κ2) is 6.86. The molecule has 0 fully saturated rings. The molecule has 1 rings (SSSR count). The van der Waals surface area contributed by atoms with Crippen molar-refractivity contribution in [1.82, 2.24) is 10.3 Å². The van der Waals surface area contributed by atoms with E-state index in [9.17, 15) is 4.79 Å². The van der Waals surface area contributed by atoms with E-state index in [2.05, 4.69) is 26.2 Å². The molecule has 0 aromatic carbocycles. The third kappa shape index (κ3) is 6.02. The molecule has 1 amide bonds. The van der Waals surface area contributed by atoms with Crippen molar-refractivity contribution >= 4 is 22.0 Å². The Kier molecular flexibility index (Phi) is 5.75. The van der Waals surface area contributed by atoms with Gasteiger partial charge in [0.25, 0.3) is 0 Å². The summed E-state index contributed by atoms with van der Waals surface area (Å²) in [5.41, 5.74) is 0.423. The first-order valence-corrected chi connectivity index (χ1v) is 6.72. The van der Waals surface area contributed by atoms with Gasteiger partial charge in [0.1, 0.15) is 10.2 Å². The molecule has 0 spiro atoms. The Morgan fingerprint density at radius 1 is 1.53 bits per heavy atom. The molecule has 5 nitrogen and oxygen atoms in total. The van der Waals surface area contributed by atoms with Gasteiger partial charge in [-0.05, 0) is 54.4 Å². The Morgan fingerprint density at radius 3 is 2.74 bits per heavy atom. The zero-order valence-electron chi connectivity index (χ0n) is 11.6. The normalized spacial score (nSPS) is 12.9. The monoisotopic (exact) mass is 330 g/mol. The molecule has 1 unspecified atom stereocenters. The standard InChI is InChI=1S/C13H19BrN2O3/c1-13(2,3)19-12(17)16-8-10(18-4)9-5-6-15-11(14)7-9/h5-7,10H,8H2,1-4H3,(H,16,17). The van der Waals surface area contributed by atoms with Crippen molar-refractivity contribution in [1.29, 1.82) is 0 Å². The summed E-state index contributed by atoms with van der Waals surface area (Å²) in [6, 6.07) is 3.70. The number of nitrogens with one attached hydrogen (secondary N) is 1. The Labute approximate surface area is 121 Å². The highest BCUT2D eigenvalue weighted by Crippen LogP contribution is 2.18. The molecule has 1 aromatic heterocycles. The fourth-order valence-electron chi connectivity index (χ4n) is 1.45. The molecule has 0 bridgehead atoms. The number of alkyl carbamates (subject to hydrolysis) is 1. The third-order valence-corrected chi connectivity index (χ3v) is 2.67. The third-order valence-electron chi connectivity index (χ3n) is 2.24. The van der Waals surface area contributed by atoms with Crippen LogP contribution < -0.4 is 5.32 Å². The molecule has 1 heterocycles. The molecular formula is C13H19BrN2O3. The molecule has 0 radical (unpaired) electrons. The number of carbonyl (C=O) groups excluding carboxylic acids is 1. The van der Waals surface area contributed by atoms with Crippen LogP contribution in [0.25, 0.3) is 0 Å². The number of rotatable bonds is 4. The highest BCUT2D eigenvalue weighted by Gasteiger charge is 2.18. The smallest absolute Gasteiger partial charge is 0.407 e. The minimum absolute atomic E-state index is 0.244. The number of hydrogen-bond acceptors (Lipinski definition) is 4. The second-order valence-electron chi connectivity index (χ2n) is 5.02. The Hall–Kier alpha value is -1.14. The number of hydrogen-bond donors (Lipinski definition) is 1. The summed E-state index contributed by atoms with van der Waals surface area (Å²) in [7, 11) is 1.59. The van der Waals surface area contributed by atoms with Gasteiger partial charge in [0.15, 0.2) is 0 Å². The van der Waals surface area contributed by atoms with Crippen molar-refractivity contribution in [3.8, 4) is 0 Å². The minimum Gasteiger partial charge on any atom is -0.444 e. The maximum Gasteiger partial charge on any atom is 0.407 e. The Balaban J connectivity index is 2.56. The van der Waals surface area contributed by atoms with Gasteiger partial charge in [0.2, 0.25) is 0 Å². The quantitative estimate of drug-likeness (QED) is 0.862. The van der Waals surface area contributed by atoms with Gasteiger partial charge in [-0.25, -0.2) is 9.78 Å². The number of nitrogens with zero attached hydrogens (tertiary/aromatic N) is 1. The number of amides is 1. The fraction of sp³-hybridized carbons (Fsp3) is 0.538. The largest absolute Gasteiger partial charge is 0.444 e. The van der Waals surface area contributed by atoms with E-state index in [-0.39, 0.29) is 6.10 Å². The number of carbonyl (C=O) groups is 1. The van der Waals surface area contributed by atoms with Crippen LogP contribution in [0.2, 0.25) is 0 Å². The van der Waals surface area contributed by atoms with Crippen LogP contribution in [0.4, 0.5) is 4.79 Å². The van der Waals surface area contributed by atoms with Gasteiger partial charge in [-0.3, -0.25) is 0 Å². The van der Waals surface area contributed by atoms with Crippen LogP contribution in [0.15, 0.2) is 22.9 Å². The van der Waals surface area contributed by atoms with Gasteiger partial charge in [-0.1, -0.05) is 0 Å². The SMILES string of the molecule is COC(CNC(=O)OC(C)(C)C)c1ccnc(Br)c1. The van der Waals surface area contributed by atoms with Gasteiger partial charge in [-0.2, -0.15) is 0 Å². The second-order valence-corrected chi connectivity index (χ2v) is 5.83. The summed E-state index contributed by atoms with van der Waals surface area (Å²) in [5.74, 6) is 0. The van der Waals surface area contributed by atoms with Gasteiger partial charge in [0.05, 0.1) is 12.6 Å². The molecule has 0 aliphatic heterocycles. The van der Waals surface area contributed by atoms with Crippen LogP contribution in [0.3, 0.4) is 0 Å². The van der Waals surface area contributed by atoms with Crippen molar-refractivity contribution in [3.05, 3.63) is 28.5 Å². The molecule has 106 valence electrons. The molecular weight excluding hydrogens is 312 g/mol. The molecule has 6 heteroatoms. The number of ether oxygens (including phenoxy) is 2.